The van der Waals surface area contributed by atoms with Crippen LogP contribution in [0.25, 0.3) is 0 Å². The molecule has 142 valence electrons. The van der Waals surface area contributed by atoms with Gasteiger partial charge in [-0.3, -0.25) is 4.79 Å². The Balaban J connectivity index is 1.82. The molecule has 6 heteroatoms. The van der Waals surface area contributed by atoms with Crippen LogP contribution in [-0.4, -0.2) is 47.7 Å². The highest BCUT2D eigenvalue weighted by atomic mass is 16.5. The fraction of sp³-hybridized carbons (Fsp3) is 0.600. The molecule has 26 heavy (non-hydrogen) atoms. The number of hydrogen-bond acceptors (Lipinski definition) is 4. The number of methoxy groups -OCH3 is 1. The maximum atomic E-state index is 13.0. The summed E-state index contributed by atoms with van der Waals surface area (Å²) in [4.78, 5) is 26.1. The smallest absolute Gasteiger partial charge is 0.326 e. The van der Waals surface area contributed by atoms with Gasteiger partial charge in [-0.15, -0.1) is 0 Å². The van der Waals surface area contributed by atoms with Crippen molar-refractivity contribution in [3.05, 3.63) is 23.8 Å². The van der Waals surface area contributed by atoms with Gasteiger partial charge in [0.25, 0.3) is 5.91 Å². The summed E-state index contributed by atoms with van der Waals surface area (Å²) in [5.41, 5.74) is 0.444. The van der Waals surface area contributed by atoms with Crippen LogP contribution in [0.5, 0.6) is 11.5 Å². The number of carbonyl (C=O) groups is 2. The zero-order chi connectivity index (χ0) is 18.7. The molecule has 1 aliphatic carbocycles. The average molecular weight is 361 g/mol. The number of piperidine rings is 1. The average Bonchev–Trinajstić information content (AvgIpc) is 3.14. The van der Waals surface area contributed by atoms with Gasteiger partial charge in [-0.05, 0) is 62.6 Å². The molecule has 0 radical (unpaired) electrons. The number of amides is 1. The Labute approximate surface area is 154 Å². The maximum Gasteiger partial charge on any atom is 0.326 e. The van der Waals surface area contributed by atoms with Gasteiger partial charge in [0.2, 0.25) is 0 Å². The Morgan fingerprint density at radius 3 is 2.54 bits per heavy atom. The highest BCUT2D eigenvalue weighted by molar-refractivity contribution is 5.97. The minimum Gasteiger partial charge on any atom is -0.493 e. The maximum absolute atomic E-state index is 13.0. The van der Waals surface area contributed by atoms with E-state index in [1.54, 1.807) is 25.3 Å². The van der Waals surface area contributed by atoms with E-state index in [0.29, 0.717) is 35.9 Å². The van der Waals surface area contributed by atoms with Gasteiger partial charge in [0, 0.05) is 12.1 Å². The third-order valence-electron chi connectivity index (χ3n) is 5.42. The Bertz CT molecular complexity index is 668. The lowest BCUT2D eigenvalue weighted by Crippen LogP contribution is -2.49. The predicted octanol–water partition coefficient (Wildman–Crippen LogP) is 3.34. The molecule has 1 saturated carbocycles. The van der Waals surface area contributed by atoms with Crippen molar-refractivity contribution in [2.75, 3.05) is 13.7 Å². The van der Waals surface area contributed by atoms with Crippen LogP contribution < -0.4 is 9.47 Å². The third kappa shape index (κ3) is 3.94. The van der Waals surface area contributed by atoms with Gasteiger partial charge in [-0.25, -0.2) is 4.79 Å². The minimum absolute atomic E-state index is 0.150. The van der Waals surface area contributed by atoms with Crippen LogP contribution in [0.3, 0.4) is 0 Å². The van der Waals surface area contributed by atoms with E-state index >= 15 is 0 Å². The van der Waals surface area contributed by atoms with E-state index in [9.17, 15) is 14.7 Å². The van der Waals surface area contributed by atoms with Crippen molar-refractivity contribution in [2.24, 2.45) is 5.92 Å². The first-order valence-electron chi connectivity index (χ1n) is 9.38. The summed E-state index contributed by atoms with van der Waals surface area (Å²) in [6.45, 7) is 2.49. The van der Waals surface area contributed by atoms with E-state index < -0.39 is 12.0 Å². The van der Waals surface area contributed by atoms with Crippen LogP contribution in [-0.2, 0) is 4.79 Å². The van der Waals surface area contributed by atoms with Gasteiger partial charge < -0.3 is 19.5 Å². The molecular weight excluding hydrogens is 334 g/mol. The van der Waals surface area contributed by atoms with Crippen molar-refractivity contribution in [3.8, 4) is 11.5 Å². The second-order valence-corrected chi connectivity index (χ2v) is 7.37. The molecule has 0 spiro atoms. The lowest BCUT2D eigenvalue weighted by molar-refractivity contribution is -0.144. The number of likely N-dealkylation sites (tertiary alicyclic amines) is 1. The molecule has 6 nitrogen and oxygen atoms in total. The SMILES string of the molecule is COc1ccc(C(=O)N2CCC(C)CC2C(=O)O)cc1OC1CCCC1. The molecule has 0 bridgehead atoms. The highest BCUT2D eigenvalue weighted by Crippen LogP contribution is 2.33. The van der Waals surface area contributed by atoms with E-state index in [4.69, 9.17) is 9.47 Å². The Morgan fingerprint density at radius 2 is 1.88 bits per heavy atom. The number of benzene rings is 1. The molecule has 1 heterocycles. The van der Waals surface area contributed by atoms with Gasteiger partial charge in [0.1, 0.15) is 6.04 Å². The van der Waals surface area contributed by atoms with E-state index in [0.717, 1.165) is 32.1 Å². The van der Waals surface area contributed by atoms with E-state index in [2.05, 4.69) is 0 Å². The van der Waals surface area contributed by atoms with Crippen LogP contribution in [0, 0.1) is 5.92 Å². The summed E-state index contributed by atoms with van der Waals surface area (Å²) >= 11 is 0. The molecule has 2 atom stereocenters. The zero-order valence-corrected chi connectivity index (χ0v) is 15.4. The van der Waals surface area contributed by atoms with Gasteiger partial charge in [-0.1, -0.05) is 6.92 Å². The molecule has 2 unspecified atom stereocenters. The number of nitrogens with zero attached hydrogens (tertiary/aromatic N) is 1. The topological polar surface area (TPSA) is 76.1 Å². The Kier molecular flexibility index (Phi) is 5.69. The molecule has 3 rings (SSSR count). The fourth-order valence-corrected chi connectivity index (χ4v) is 3.87. The van der Waals surface area contributed by atoms with Crippen molar-refractivity contribution >= 4 is 11.9 Å². The first-order valence-corrected chi connectivity index (χ1v) is 9.38. The summed E-state index contributed by atoms with van der Waals surface area (Å²) in [7, 11) is 1.57. The summed E-state index contributed by atoms with van der Waals surface area (Å²) in [5, 5.41) is 9.51. The molecule has 1 N–H and O–H groups in total. The number of ether oxygens (including phenoxy) is 2. The lowest BCUT2D eigenvalue weighted by Gasteiger charge is -2.36. The quantitative estimate of drug-likeness (QED) is 0.870. The summed E-state index contributed by atoms with van der Waals surface area (Å²) < 4.78 is 11.4. The number of rotatable bonds is 5. The number of aliphatic carboxylic acids is 1. The van der Waals surface area contributed by atoms with E-state index in [1.165, 1.54) is 4.90 Å². The minimum atomic E-state index is -0.944. The summed E-state index contributed by atoms with van der Waals surface area (Å²) in [6, 6.07) is 4.32. The molecule has 1 aromatic rings. The monoisotopic (exact) mass is 361 g/mol. The molecular formula is C20H27NO5. The molecule has 2 aliphatic rings. The Hall–Kier alpha value is -2.24. The van der Waals surface area contributed by atoms with Crippen molar-refractivity contribution in [1.82, 2.24) is 4.90 Å². The second kappa shape index (κ2) is 7.98. The molecule has 1 saturated heterocycles. The first-order chi connectivity index (χ1) is 12.5. The van der Waals surface area contributed by atoms with E-state index in [1.807, 2.05) is 6.92 Å². The van der Waals surface area contributed by atoms with Crippen LogP contribution >= 0.6 is 0 Å². The van der Waals surface area contributed by atoms with Crippen molar-refractivity contribution in [1.29, 1.82) is 0 Å². The van der Waals surface area contributed by atoms with Crippen molar-refractivity contribution in [3.63, 3.8) is 0 Å². The fourth-order valence-electron chi connectivity index (χ4n) is 3.87. The molecule has 1 aromatic carbocycles. The van der Waals surface area contributed by atoms with E-state index in [-0.39, 0.29) is 12.0 Å². The highest BCUT2D eigenvalue weighted by Gasteiger charge is 2.35. The summed E-state index contributed by atoms with van der Waals surface area (Å²) in [6.07, 6.45) is 5.77. The van der Waals surface area contributed by atoms with Crippen LogP contribution in [0.2, 0.25) is 0 Å². The number of carboxylic acid groups (broad SMARTS) is 1. The predicted molar refractivity (Wildman–Crippen MR) is 96.7 cm³/mol. The van der Waals surface area contributed by atoms with Gasteiger partial charge >= 0.3 is 5.97 Å². The number of carboxylic acids is 1. The standard InChI is InChI=1S/C20H27NO5/c1-13-9-10-21(16(11-13)20(23)24)19(22)14-7-8-17(25-2)18(12-14)26-15-5-3-4-6-15/h7-8,12-13,15-16H,3-6,9-11H2,1-2H3,(H,23,24). The van der Waals surface area contributed by atoms with Gasteiger partial charge in [0.05, 0.1) is 13.2 Å². The van der Waals surface area contributed by atoms with Crippen LogP contribution in [0.4, 0.5) is 0 Å². The normalized spacial score (nSPS) is 23.7. The van der Waals surface area contributed by atoms with Crippen LogP contribution in [0.1, 0.15) is 55.8 Å². The van der Waals surface area contributed by atoms with Crippen molar-refractivity contribution in [2.45, 2.75) is 57.6 Å². The van der Waals surface area contributed by atoms with Crippen LogP contribution in [0.15, 0.2) is 18.2 Å². The molecule has 2 fully saturated rings. The Morgan fingerprint density at radius 1 is 1.15 bits per heavy atom. The second-order valence-electron chi connectivity index (χ2n) is 7.37. The lowest BCUT2D eigenvalue weighted by atomic mass is 9.92. The first kappa shape index (κ1) is 18.5. The van der Waals surface area contributed by atoms with Gasteiger partial charge in [-0.2, -0.15) is 0 Å². The summed E-state index contributed by atoms with van der Waals surface area (Å²) in [5.74, 6) is 0.249. The number of hydrogen-bond donors (Lipinski definition) is 1. The van der Waals surface area contributed by atoms with Crippen molar-refractivity contribution < 1.29 is 24.2 Å². The largest absolute Gasteiger partial charge is 0.493 e. The molecule has 1 amide bonds. The molecule has 1 aliphatic heterocycles. The third-order valence-corrected chi connectivity index (χ3v) is 5.42. The number of carbonyl (C=O) groups excluding carboxylic acids is 1. The molecule has 0 aromatic heterocycles. The zero-order valence-electron chi connectivity index (χ0n) is 15.4. The van der Waals surface area contributed by atoms with Gasteiger partial charge in [0.15, 0.2) is 11.5 Å².